The normalized spacial score (nSPS) is 14.4. The number of aromatic nitrogens is 1. The largest absolute Gasteiger partial charge is 0.495 e. The second-order valence-electron chi connectivity index (χ2n) is 4.54. The number of ether oxygens (including phenoxy) is 1. The van der Waals surface area contributed by atoms with Gasteiger partial charge in [-0.3, -0.25) is 0 Å². The molecule has 0 bridgehead atoms. The highest BCUT2D eigenvalue weighted by Crippen LogP contribution is 2.43. The minimum absolute atomic E-state index is 0.170. The van der Waals surface area contributed by atoms with Crippen LogP contribution in [-0.2, 0) is 0 Å². The van der Waals surface area contributed by atoms with Crippen LogP contribution in [-0.4, -0.2) is 23.2 Å². The van der Waals surface area contributed by atoms with E-state index in [9.17, 15) is 9.90 Å². The quantitative estimate of drug-likeness (QED) is 0.929. The van der Waals surface area contributed by atoms with E-state index in [1.54, 1.807) is 12.1 Å². The molecule has 0 atom stereocenters. The fourth-order valence-corrected chi connectivity index (χ4v) is 2.99. The SMILES string of the molecule is COc1c(C(=O)O)cccc1-c1nc(C2CC2)cs1. The summed E-state index contributed by atoms with van der Waals surface area (Å²) in [6, 6.07) is 5.11. The molecule has 1 aliphatic carbocycles. The van der Waals surface area contributed by atoms with Gasteiger partial charge in [-0.1, -0.05) is 6.07 Å². The van der Waals surface area contributed by atoms with Gasteiger partial charge in [0.15, 0.2) is 0 Å². The predicted octanol–water partition coefficient (Wildman–Crippen LogP) is 3.39. The minimum Gasteiger partial charge on any atom is -0.495 e. The first-order valence-corrected chi connectivity index (χ1v) is 6.94. The number of carboxylic acid groups (broad SMARTS) is 1. The van der Waals surface area contributed by atoms with Crippen LogP contribution in [0.1, 0.15) is 34.8 Å². The van der Waals surface area contributed by atoms with Crippen molar-refractivity contribution < 1.29 is 14.6 Å². The summed E-state index contributed by atoms with van der Waals surface area (Å²) < 4.78 is 5.26. The van der Waals surface area contributed by atoms with Crippen molar-refractivity contribution in [3.63, 3.8) is 0 Å². The van der Waals surface area contributed by atoms with Crippen molar-refractivity contribution in [2.75, 3.05) is 7.11 Å². The van der Waals surface area contributed by atoms with Gasteiger partial charge in [0.2, 0.25) is 0 Å². The average molecular weight is 275 g/mol. The van der Waals surface area contributed by atoms with E-state index in [1.165, 1.54) is 31.3 Å². The predicted molar refractivity (Wildman–Crippen MR) is 73.0 cm³/mol. The van der Waals surface area contributed by atoms with Gasteiger partial charge in [0.25, 0.3) is 0 Å². The molecule has 1 aromatic heterocycles. The van der Waals surface area contributed by atoms with Crippen LogP contribution in [0.4, 0.5) is 0 Å². The molecule has 0 spiro atoms. The summed E-state index contributed by atoms with van der Waals surface area (Å²) in [7, 11) is 1.49. The molecule has 19 heavy (non-hydrogen) atoms. The molecule has 1 N–H and O–H groups in total. The van der Waals surface area contributed by atoms with Gasteiger partial charge in [-0.05, 0) is 25.0 Å². The molecule has 1 aromatic carbocycles. The first kappa shape index (κ1) is 12.2. The molecule has 2 aromatic rings. The first-order chi connectivity index (χ1) is 9.20. The Hall–Kier alpha value is -1.88. The van der Waals surface area contributed by atoms with E-state index in [4.69, 9.17) is 4.74 Å². The number of hydrogen-bond acceptors (Lipinski definition) is 4. The van der Waals surface area contributed by atoms with E-state index in [-0.39, 0.29) is 5.56 Å². The zero-order valence-electron chi connectivity index (χ0n) is 10.4. The van der Waals surface area contributed by atoms with Gasteiger partial charge in [0.1, 0.15) is 16.3 Å². The maximum Gasteiger partial charge on any atom is 0.339 e. The lowest BCUT2D eigenvalue weighted by Crippen LogP contribution is -2.01. The highest BCUT2D eigenvalue weighted by Gasteiger charge is 2.27. The highest BCUT2D eigenvalue weighted by atomic mass is 32.1. The average Bonchev–Trinajstić information content (AvgIpc) is 3.15. The Balaban J connectivity index is 2.07. The Morgan fingerprint density at radius 3 is 2.89 bits per heavy atom. The van der Waals surface area contributed by atoms with Crippen LogP contribution < -0.4 is 4.74 Å². The maximum atomic E-state index is 11.2. The van der Waals surface area contributed by atoms with Crippen molar-refractivity contribution in [3.8, 4) is 16.3 Å². The van der Waals surface area contributed by atoms with Crippen LogP contribution in [0.5, 0.6) is 5.75 Å². The van der Waals surface area contributed by atoms with Crippen molar-refractivity contribution in [1.82, 2.24) is 4.98 Å². The summed E-state index contributed by atoms with van der Waals surface area (Å²) in [5.41, 5.74) is 2.03. The van der Waals surface area contributed by atoms with Crippen LogP contribution in [0.2, 0.25) is 0 Å². The van der Waals surface area contributed by atoms with Gasteiger partial charge in [-0.25, -0.2) is 9.78 Å². The zero-order chi connectivity index (χ0) is 13.4. The van der Waals surface area contributed by atoms with Crippen molar-refractivity contribution >= 4 is 17.3 Å². The summed E-state index contributed by atoms with van der Waals surface area (Å²) in [6.45, 7) is 0. The lowest BCUT2D eigenvalue weighted by atomic mass is 10.1. The summed E-state index contributed by atoms with van der Waals surface area (Å²) in [5, 5.41) is 12.1. The number of nitrogens with zero attached hydrogens (tertiary/aromatic N) is 1. The number of para-hydroxylation sites is 1. The second kappa shape index (κ2) is 4.66. The van der Waals surface area contributed by atoms with E-state index in [0.29, 0.717) is 11.7 Å². The number of thiazole rings is 1. The van der Waals surface area contributed by atoms with E-state index in [1.807, 2.05) is 6.07 Å². The minimum atomic E-state index is -0.988. The van der Waals surface area contributed by atoms with E-state index in [2.05, 4.69) is 10.4 Å². The van der Waals surface area contributed by atoms with E-state index in [0.717, 1.165) is 16.3 Å². The van der Waals surface area contributed by atoms with Crippen LogP contribution in [0.3, 0.4) is 0 Å². The molecule has 0 amide bonds. The van der Waals surface area contributed by atoms with Crippen LogP contribution in [0.25, 0.3) is 10.6 Å². The van der Waals surface area contributed by atoms with Gasteiger partial charge >= 0.3 is 5.97 Å². The summed E-state index contributed by atoms with van der Waals surface area (Å²) in [4.78, 5) is 15.8. The number of benzene rings is 1. The van der Waals surface area contributed by atoms with Crippen LogP contribution >= 0.6 is 11.3 Å². The Morgan fingerprint density at radius 2 is 2.26 bits per heavy atom. The molecule has 98 valence electrons. The molecular weight excluding hydrogens is 262 g/mol. The van der Waals surface area contributed by atoms with Gasteiger partial charge in [0, 0.05) is 11.3 Å². The van der Waals surface area contributed by atoms with Gasteiger partial charge in [-0.2, -0.15) is 0 Å². The second-order valence-corrected chi connectivity index (χ2v) is 5.40. The lowest BCUT2D eigenvalue weighted by molar-refractivity contribution is 0.0693. The maximum absolute atomic E-state index is 11.2. The molecule has 0 saturated heterocycles. The van der Waals surface area contributed by atoms with E-state index >= 15 is 0 Å². The number of carbonyl (C=O) groups is 1. The summed E-state index contributed by atoms with van der Waals surface area (Å²) in [5.74, 6) is -0.0111. The molecular formula is C14H13NO3S. The fraction of sp³-hybridized carbons (Fsp3) is 0.286. The van der Waals surface area contributed by atoms with Crippen molar-refractivity contribution in [2.24, 2.45) is 0 Å². The molecule has 0 radical (unpaired) electrons. The number of aromatic carboxylic acids is 1. The number of hydrogen-bond donors (Lipinski definition) is 1. The molecule has 0 unspecified atom stereocenters. The summed E-state index contributed by atoms with van der Waals surface area (Å²) in [6.07, 6.45) is 2.41. The monoisotopic (exact) mass is 275 g/mol. The zero-order valence-corrected chi connectivity index (χ0v) is 11.2. The third-order valence-electron chi connectivity index (χ3n) is 3.20. The molecule has 1 heterocycles. The standard InChI is InChI=1S/C14H13NO3S/c1-18-12-9(3-2-4-10(12)14(16)17)13-15-11(7-19-13)8-5-6-8/h2-4,7-8H,5-6H2,1H3,(H,16,17). The van der Waals surface area contributed by atoms with E-state index < -0.39 is 5.97 Å². The third-order valence-corrected chi connectivity index (χ3v) is 4.09. The van der Waals surface area contributed by atoms with Crippen molar-refractivity contribution in [1.29, 1.82) is 0 Å². The molecule has 4 nitrogen and oxygen atoms in total. The van der Waals surface area contributed by atoms with Gasteiger partial charge in [0.05, 0.1) is 18.4 Å². The molecule has 1 aliphatic rings. The number of rotatable bonds is 4. The Morgan fingerprint density at radius 1 is 1.47 bits per heavy atom. The first-order valence-electron chi connectivity index (χ1n) is 6.07. The summed E-state index contributed by atoms with van der Waals surface area (Å²) >= 11 is 1.54. The molecule has 0 aliphatic heterocycles. The smallest absolute Gasteiger partial charge is 0.339 e. The van der Waals surface area contributed by atoms with Crippen molar-refractivity contribution in [3.05, 3.63) is 34.8 Å². The molecule has 3 rings (SSSR count). The Bertz CT molecular complexity index is 631. The van der Waals surface area contributed by atoms with Crippen LogP contribution in [0, 0.1) is 0 Å². The van der Waals surface area contributed by atoms with Gasteiger partial charge < -0.3 is 9.84 Å². The fourth-order valence-electron chi connectivity index (χ4n) is 2.07. The lowest BCUT2D eigenvalue weighted by Gasteiger charge is -2.08. The Kier molecular flexibility index (Phi) is 2.98. The highest BCUT2D eigenvalue weighted by molar-refractivity contribution is 7.13. The number of methoxy groups -OCH3 is 1. The Labute approximate surface area is 114 Å². The number of carboxylic acids is 1. The van der Waals surface area contributed by atoms with Gasteiger partial charge in [-0.15, -0.1) is 11.3 Å². The molecule has 1 saturated carbocycles. The molecule has 5 heteroatoms. The van der Waals surface area contributed by atoms with Crippen molar-refractivity contribution in [2.45, 2.75) is 18.8 Å². The molecule has 1 fully saturated rings. The third kappa shape index (κ3) is 2.21. The van der Waals surface area contributed by atoms with Crippen LogP contribution in [0.15, 0.2) is 23.6 Å². The topological polar surface area (TPSA) is 59.4 Å².